The van der Waals surface area contributed by atoms with E-state index in [2.05, 4.69) is 15.9 Å². The summed E-state index contributed by atoms with van der Waals surface area (Å²) in [4.78, 5) is 3.02. The molecule has 0 N–H and O–H groups in total. The Morgan fingerprint density at radius 3 is 2.58 bits per heavy atom. The van der Waals surface area contributed by atoms with Crippen molar-refractivity contribution >= 4 is 10.8 Å². The lowest BCUT2D eigenvalue weighted by Crippen LogP contribution is -2.03. The normalized spacial score (nSPS) is 11.3. The van der Waals surface area contributed by atoms with E-state index < -0.39 is 6.04 Å². The van der Waals surface area contributed by atoms with Crippen LogP contribution in [0.1, 0.15) is 17.2 Å². The number of hydrogen-bond acceptors (Lipinski definition) is 2. The first-order chi connectivity index (χ1) is 11.8. The SMILES string of the molecule is C#CCOc1ccccc1C(N=[N+]=[N-])c1ccc2ccccc2c1. The van der Waals surface area contributed by atoms with Crippen LogP contribution in [0.5, 0.6) is 5.75 Å². The van der Waals surface area contributed by atoms with Gasteiger partial charge in [-0.05, 0) is 27.9 Å². The van der Waals surface area contributed by atoms with Gasteiger partial charge in [0.05, 0.1) is 6.04 Å². The largest absolute Gasteiger partial charge is 0.481 e. The highest BCUT2D eigenvalue weighted by molar-refractivity contribution is 5.83. The van der Waals surface area contributed by atoms with Gasteiger partial charge in [0.15, 0.2) is 0 Å². The molecule has 0 saturated carbocycles. The highest BCUT2D eigenvalue weighted by atomic mass is 16.5. The summed E-state index contributed by atoms with van der Waals surface area (Å²) >= 11 is 0. The van der Waals surface area contributed by atoms with Crippen LogP contribution < -0.4 is 4.74 Å². The van der Waals surface area contributed by atoms with E-state index in [4.69, 9.17) is 16.7 Å². The number of ether oxygens (including phenoxy) is 1. The summed E-state index contributed by atoms with van der Waals surface area (Å²) in [7, 11) is 0. The van der Waals surface area contributed by atoms with Gasteiger partial charge in [-0.2, -0.15) is 0 Å². The third-order valence-electron chi connectivity index (χ3n) is 3.78. The lowest BCUT2D eigenvalue weighted by atomic mass is 9.96. The molecule has 0 amide bonds. The molecule has 0 radical (unpaired) electrons. The van der Waals surface area contributed by atoms with Crippen molar-refractivity contribution in [1.82, 2.24) is 0 Å². The first-order valence-corrected chi connectivity index (χ1v) is 7.51. The number of azide groups is 1. The Morgan fingerprint density at radius 2 is 1.79 bits per heavy atom. The second kappa shape index (κ2) is 7.23. The van der Waals surface area contributed by atoms with E-state index in [0.29, 0.717) is 5.75 Å². The summed E-state index contributed by atoms with van der Waals surface area (Å²) in [6.45, 7) is 0.164. The number of terminal acetylenes is 1. The van der Waals surface area contributed by atoms with Crippen molar-refractivity contribution < 1.29 is 4.74 Å². The van der Waals surface area contributed by atoms with Crippen LogP contribution in [0.2, 0.25) is 0 Å². The average molecular weight is 313 g/mol. The Balaban J connectivity index is 2.10. The summed E-state index contributed by atoms with van der Waals surface area (Å²) in [5, 5.41) is 6.22. The van der Waals surface area contributed by atoms with E-state index in [1.807, 2.05) is 66.7 Å². The molecule has 24 heavy (non-hydrogen) atoms. The average Bonchev–Trinajstić information content (AvgIpc) is 2.64. The molecule has 0 aromatic heterocycles. The van der Waals surface area contributed by atoms with Gasteiger partial charge in [0.25, 0.3) is 0 Å². The molecule has 1 unspecified atom stereocenters. The first kappa shape index (κ1) is 15.5. The molecule has 0 aliphatic carbocycles. The lowest BCUT2D eigenvalue weighted by molar-refractivity contribution is 0.365. The first-order valence-electron chi connectivity index (χ1n) is 7.51. The van der Waals surface area contributed by atoms with Gasteiger partial charge in [-0.1, -0.05) is 71.7 Å². The van der Waals surface area contributed by atoms with Gasteiger partial charge in [-0.15, -0.1) is 6.42 Å². The number of rotatable bonds is 5. The minimum absolute atomic E-state index is 0.164. The number of nitrogens with zero attached hydrogens (tertiary/aromatic N) is 3. The molecule has 0 saturated heterocycles. The van der Waals surface area contributed by atoms with Gasteiger partial charge < -0.3 is 4.74 Å². The van der Waals surface area contributed by atoms with Crippen LogP contribution in [0.25, 0.3) is 21.2 Å². The molecule has 0 bridgehead atoms. The van der Waals surface area contributed by atoms with Crippen LogP contribution >= 0.6 is 0 Å². The molecule has 0 aliphatic heterocycles. The van der Waals surface area contributed by atoms with Crippen molar-refractivity contribution in [1.29, 1.82) is 0 Å². The van der Waals surface area contributed by atoms with Crippen molar-refractivity contribution in [2.75, 3.05) is 6.61 Å². The number of hydrogen-bond donors (Lipinski definition) is 0. The maximum atomic E-state index is 9.02. The summed E-state index contributed by atoms with van der Waals surface area (Å²) in [5.41, 5.74) is 10.7. The van der Waals surface area contributed by atoms with Gasteiger partial charge in [-0.25, -0.2) is 0 Å². The van der Waals surface area contributed by atoms with Crippen molar-refractivity contribution in [3.63, 3.8) is 0 Å². The van der Waals surface area contributed by atoms with E-state index in [-0.39, 0.29) is 6.61 Å². The van der Waals surface area contributed by atoms with Crippen molar-refractivity contribution in [3.8, 4) is 18.1 Å². The maximum absolute atomic E-state index is 9.02. The van der Waals surface area contributed by atoms with E-state index in [0.717, 1.165) is 21.9 Å². The molecule has 4 nitrogen and oxygen atoms in total. The van der Waals surface area contributed by atoms with E-state index in [9.17, 15) is 0 Å². The zero-order valence-corrected chi connectivity index (χ0v) is 13.0. The molecule has 116 valence electrons. The molecular formula is C20H15N3O. The molecule has 3 aromatic rings. The van der Waals surface area contributed by atoms with Crippen LogP contribution in [0.3, 0.4) is 0 Å². The molecule has 0 spiro atoms. The summed E-state index contributed by atoms with van der Waals surface area (Å²) < 4.78 is 5.60. The molecule has 3 rings (SSSR count). The van der Waals surface area contributed by atoms with Crippen LogP contribution in [-0.2, 0) is 0 Å². The van der Waals surface area contributed by atoms with E-state index in [1.54, 1.807) is 0 Å². The zero-order chi connectivity index (χ0) is 16.8. The highest BCUT2D eigenvalue weighted by Gasteiger charge is 2.17. The van der Waals surface area contributed by atoms with Crippen LogP contribution in [0.4, 0.5) is 0 Å². The van der Waals surface area contributed by atoms with Crippen LogP contribution in [0, 0.1) is 12.3 Å². The molecule has 0 aliphatic rings. The summed E-state index contributed by atoms with van der Waals surface area (Å²) in [6, 6.07) is 21.1. The van der Waals surface area contributed by atoms with Gasteiger partial charge in [-0.3, -0.25) is 0 Å². The molecule has 3 aromatic carbocycles. The second-order valence-electron chi connectivity index (χ2n) is 5.24. The third kappa shape index (κ3) is 3.17. The molecular weight excluding hydrogens is 298 g/mol. The monoisotopic (exact) mass is 313 g/mol. The van der Waals surface area contributed by atoms with Crippen molar-refractivity contribution in [2.24, 2.45) is 5.11 Å². The lowest BCUT2D eigenvalue weighted by Gasteiger charge is -2.17. The van der Waals surface area contributed by atoms with Crippen molar-refractivity contribution in [2.45, 2.75) is 6.04 Å². The standard InChI is InChI=1S/C20H15N3O/c1-2-13-24-19-10-6-5-9-18(19)20(22-23-21)17-12-11-15-7-3-4-8-16(15)14-17/h1,3-12,14,20H,13H2. The smallest absolute Gasteiger partial charge is 0.148 e. The Labute approximate surface area is 140 Å². The van der Waals surface area contributed by atoms with Gasteiger partial charge in [0, 0.05) is 10.5 Å². The Morgan fingerprint density at radius 1 is 1.04 bits per heavy atom. The van der Waals surface area contributed by atoms with Crippen molar-refractivity contribution in [3.05, 3.63) is 88.3 Å². The highest BCUT2D eigenvalue weighted by Crippen LogP contribution is 2.34. The quantitative estimate of drug-likeness (QED) is 0.274. The maximum Gasteiger partial charge on any atom is 0.148 e. The number of fused-ring (bicyclic) bond motifs is 1. The molecule has 0 fully saturated rings. The fourth-order valence-corrected chi connectivity index (χ4v) is 2.70. The summed E-state index contributed by atoms with van der Waals surface area (Å²) in [6.07, 6.45) is 5.28. The van der Waals surface area contributed by atoms with Gasteiger partial charge in [0.2, 0.25) is 0 Å². The predicted molar refractivity (Wildman–Crippen MR) is 95.7 cm³/mol. The van der Waals surface area contributed by atoms with E-state index >= 15 is 0 Å². The fraction of sp³-hybridized carbons (Fsp3) is 0.100. The van der Waals surface area contributed by atoms with Crippen LogP contribution in [-0.4, -0.2) is 6.61 Å². The minimum atomic E-state index is -0.478. The zero-order valence-electron chi connectivity index (χ0n) is 13.0. The number of para-hydroxylation sites is 1. The molecule has 0 heterocycles. The fourth-order valence-electron chi connectivity index (χ4n) is 2.70. The van der Waals surface area contributed by atoms with Gasteiger partial charge >= 0.3 is 0 Å². The third-order valence-corrected chi connectivity index (χ3v) is 3.78. The second-order valence-corrected chi connectivity index (χ2v) is 5.24. The van der Waals surface area contributed by atoms with Gasteiger partial charge in [0.1, 0.15) is 12.4 Å². The Bertz CT molecular complexity index is 952. The van der Waals surface area contributed by atoms with E-state index in [1.165, 1.54) is 0 Å². The minimum Gasteiger partial charge on any atom is -0.481 e. The topological polar surface area (TPSA) is 58.0 Å². The Kier molecular flexibility index (Phi) is 4.67. The van der Waals surface area contributed by atoms with Crippen LogP contribution in [0.15, 0.2) is 71.8 Å². The Hall–Kier alpha value is -3.41. The predicted octanol–water partition coefficient (Wildman–Crippen LogP) is 5.25. The summed E-state index contributed by atoms with van der Waals surface area (Å²) in [5.74, 6) is 3.08. The molecule has 4 heteroatoms. The molecule has 1 atom stereocenters. The number of benzene rings is 3.